The summed E-state index contributed by atoms with van der Waals surface area (Å²) in [6.07, 6.45) is 0. The van der Waals surface area contributed by atoms with Crippen LogP contribution in [0.3, 0.4) is 0 Å². The highest BCUT2D eigenvalue weighted by molar-refractivity contribution is 7.85. The van der Waals surface area contributed by atoms with Crippen molar-refractivity contribution in [2.24, 2.45) is 0 Å². The monoisotopic (exact) mass is 293 g/mol. The average Bonchev–Trinajstić information content (AvgIpc) is 2.28. The van der Waals surface area contributed by atoms with Gasteiger partial charge in [-0.15, -0.1) is 0 Å². The Balaban J connectivity index is 2.10. The van der Waals surface area contributed by atoms with E-state index in [-0.39, 0.29) is 10.8 Å². The molecule has 1 fully saturated rings. The van der Waals surface area contributed by atoms with Crippen LogP contribution in [-0.4, -0.2) is 38.8 Å². The molecule has 1 N–H and O–H groups in total. The number of benzene rings is 1. The predicted molar refractivity (Wildman–Crippen MR) is 71.3 cm³/mol. The fourth-order valence-corrected chi connectivity index (χ4v) is 3.48. The second kappa shape index (κ2) is 5.57. The van der Waals surface area contributed by atoms with Crippen molar-refractivity contribution in [1.29, 1.82) is 0 Å². The van der Waals surface area contributed by atoms with E-state index >= 15 is 0 Å². The van der Waals surface area contributed by atoms with Crippen molar-refractivity contribution >= 4 is 34.0 Å². The Morgan fingerprint density at radius 3 is 2.59 bits per heavy atom. The van der Waals surface area contributed by atoms with Gasteiger partial charge in [0.25, 0.3) is 0 Å². The summed E-state index contributed by atoms with van der Waals surface area (Å²) in [5, 5.41) is 10.6. The normalized spacial score (nSPS) is 18.5. The maximum atomic E-state index is 11.2. The Labute approximate surface area is 113 Å². The minimum Gasteiger partial charge on any atom is -0.506 e. The van der Waals surface area contributed by atoms with E-state index in [1.165, 1.54) is 6.07 Å². The van der Waals surface area contributed by atoms with Gasteiger partial charge in [0.1, 0.15) is 5.75 Å². The van der Waals surface area contributed by atoms with Crippen molar-refractivity contribution in [2.45, 2.75) is 6.54 Å². The molecule has 0 radical (unpaired) electrons. The van der Waals surface area contributed by atoms with Crippen LogP contribution in [0.2, 0.25) is 10.0 Å². The zero-order valence-corrected chi connectivity index (χ0v) is 11.5. The molecule has 6 heteroatoms. The fraction of sp³-hybridized carbons (Fsp3) is 0.455. The SMILES string of the molecule is O=S1CCN(Cc2cc(Cl)cc(Cl)c2O)CC1. The lowest BCUT2D eigenvalue weighted by Gasteiger charge is -2.26. The standard InChI is InChI=1S/C11H13Cl2NO2S/c12-9-5-8(11(15)10(13)6-9)7-14-1-3-17(16)4-2-14/h5-6,15H,1-4,7H2. The van der Waals surface area contributed by atoms with E-state index in [2.05, 4.69) is 4.90 Å². The summed E-state index contributed by atoms with van der Waals surface area (Å²) >= 11 is 11.8. The van der Waals surface area contributed by atoms with Crippen LogP contribution < -0.4 is 0 Å². The second-order valence-corrected chi connectivity index (χ2v) is 6.56. The molecule has 0 aromatic heterocycles. The quantitative estimate of drug-likeness (QED) is 0.909. The van der Waals surface area contributed by atoms with E-state index in [4.69, 9.17) is 23.2 Å². The van der Waals surface area contributed by atoms with Gasteiger partial charge in [-0.05, 0) is 12.1 Å². The highest BCUT2D eigenvalue weighted by Gasteiger charge is 2.17. The van der Waals surface area contributed by atoms with Gasteiger partial charge >= 0.3 is 0 Å². The first-order valence-electron chi connectivity index (χ1n) is 5.30. The third-order valence-electron chi connectivity index (χ3n) is 2.77. The Morgan fingerprint density at radius 1 is 1.29 bits per heavy atom. The number of phenols is 1. The lowest BCUT2D eigenvalue weighted by atomic mass is 10.2. The molecule has 0 saturated carbocycles. The maximum Gasteiger partial charge on any atom is 0.138 e. The lowest BCUT2D eigenvalue weighted by molar-refractivity contribution is 0.287. The van der Waals surface area contributed by atoms with E-state index in [1.54, 1.807) is 6.07 Å². The Morgan fingerprint density at radius 2 is 1.94 bits per heavy atom. The largest absolute Gasteiger partial charge is 0.506 e. The maximum absolute atomic E-state index is 11.2. The third kappa shape index (κ3) is 3.35. The van der Waals surface area contributed by atoms with Gasteiger partial charge in [0.05, 0.1) is 5.02 Å². The van der Waals surface area contributed by atoms with E-state index in [1.807, 2.05) is 0 Å². The molecule has 17 heavy (non-hydrogen) atoms. The zero-order chi connectivity index (χ0) is 12.4. The Bertz CT molecular complexity index is 443. The number of rotatable bonds is 2. The van der Waals surface area contributed by atoms with Gasteiger partial charge in [-0.3, -0.25) is 9.11 Å². The molecule has 1 aliphatic heterocycles. The van der Waals surface area contributed by atoms with Gasteiger partial charge in [-0.2, -0.15) is 0 Å². The van der Waals surface area contributed by atoms with Crippen LogP contribution in [0, 0.1) is 0 Å². The van der Waals surface area contributed by atoms with Crippen molar-refractivity contribution in [1.82, 2.24) is 4.90 Å². The second-order valence-electron chi connectivity index (χ2n) is 4.02. The number of hydrogen-bond acceptors (Lipinski definition) is 3. The molecule has 0 bridgehead atoms. The number of nitrogens with zero attached hydrogens (tertiary/aromatic N) is 1. The number of hydrogen-bond donors (Lipinski definition) is 1. The van der Waals surface area contributed by atoms with Gasteiger partial charge in [0, 0.05) is 52.5 Å². The molecule has 0 atom stereocenters. The van der Waals surface area contributed by atoms with E-state index in [0.29, 0.717) is 23.1 Å². The predicted octanol–water partition coefficient (Wildman–Crippen LogP) is 2.26. The number of aromatic hydroxyl groups is 1. The molecule has 0 unspecified atom stereocenters. The zero-order valence-electron chi connectivity index (χ0n) is 9.16. The molecule has 1 aromatic rings. The highest BCUT2D eigenvalue weighted by Crippen LogP contribution is 2.32. The van der Waals surface area contributed by atoms with Crippen LogP contribution in [0.5, 0.6) is 5.75 Å². The molecule has 3 nitrogen and oxygen atoms in total. The minimum atomic E-state index is -0.689. The fourth-order valence-electron chi connectivity index (χ4n) is 1.81. The van der Waals surface area contributed by atoms with Crippen LogP contribution in [-0.2, 0) is 17.3 Å². The lowest BCUT2D eigenvalue weighted by Crippen LogP contribution is -2.37. The minimum absolute atomic E-state index is 0.0859. The van der Waals surface area contributed by atoms with Crippen molar-refractivity contribution in [3.63, 3.8) is 0 Å². The third-order valence-corrected chi connectivity index (χ3v) is 4.55. The van der Waals surface area contributed by atoms with Crippen LogP contribution in [0.25, 0.3) is 0 Å². The summed E-state index contributed by atoms with van der Waals surface area (Å²) in [6, 6.07) is 3.24. The summed E-state index contributed by atoms with van der Waals surface area (Å²) in [6.45, 7) is 2.13. The molecule has 94 valence electrons. The molecule has 0 spiro atoms. The summed E-state index contributed by atoms with van der Waals surface area (Å²) in [5.74, 6) is 1.46. The van der Waals surface area contributed by atoms with Crippen molar-refractivity contribution in [3.05, 3.63) is 27.7 Å². The summed E-state index contributed by atoms with van der Waals surface area (Å²) in [4.78, 5) is 2.14. The van der Waals surface area contributed by atoms with Crippen molar-refractivity contribution in [3.8, 4) is 5.75 Å². The van der Waals surface area contributed by atoms with Crippen molar-refractivity contribution < 1.29 is 9.32 Å². The Hall–Kier alpha value is -0.290. The van der Waals surface area contributed by atoms with E-state index in [0.717, 1.165) is 18.7 Å². The average molecular weight is 294 g/mol. The van der Waals surface area contributed by atoms with Gasteiger partial charge < -0.3 is 5.11 Å². The van der Waals surface area contributed by atoms with E-state index in [9.17, 15) is 9.32 Å². The van der Waals surface area contributed by atoms with Gasteiger partial charge in [0.15, 0.2) is 0 Å². The molecular weight excluding hydrogens is 281 g/mol. The Kier molecular flexibility index (Phi) is 4.31. The van der Waals surface area contributed by atoms with Gasteiger partial charge in [-0.1, -0.05) is 23.2 Å². The van der Waals surface area contributed by atoms with Gasteiger partial charge in [-0.25, -0.2) is 0 Å². The first-order valence-corrected chi connectivity index (χ1v) is 7.55. The smallest absolute Gasteiger partial charge is 0.138 e. The molecule has 1 aromatic carbocycles. The molecule has 0 aliphatic carbocycles. The van der Waals surface area contributed by atoms with Crippen molar-refractivity contribution in [2.75, 3.05) is 24.6 Å². The van der Waals surface area contributed by atoms with Crippen LogP contribution in [0.15, 0.2) is 12.1 Å². The van der Waals surface area contributed by atoms with Crippen LogP contribution in [0.4, 0.5) is 0 Å². The summed E-state index contributed by atoms with van der Waals surface area (Å²) < 4.78 is 11.2. The van der Waals surface area contributed by atoms with Crippen LogP contribution in [0.1, 0.15) is 5.56 Å². The topological polar surface area (TPSA) is 40.5 Å². The summed E-state index contributed by atoms with van der Waals surface area (Å²) in [7, 11) is -0.689. The molecule has 1 heterocycles. The molecule has 1 aliphatic rings. The van der Waals surface area contributed by atoms with Crippen LogP contribution >= 0.6 is 23.2 Å². The molecular formula is C11H13Cl2NO2S. The highest BCUT2D eigenvalue weighted by atomic mass is 35.5. The molecule has 0 amide bonds. The first kappa shape index (κ1) is 13.1. The van der Waals surface area contributed by atoms with Gasteiger partial charge in [0.2, 0.25) is 0 Å². The van der Waals surface area contributed by atoms with E-state index < -0.39 is 10.8 Å². The summed E-state index contributed by atoms with van der Waals surface area (Å²) in [5.41, 5.74) is 0.718. The number of phenolic OH excluding ortho intramolecular Hbond substituents is 1. The first-order chi connectivity index (χ1) is 8.06. The molecule has 1 saturated heterocycles. The number of halogens is 2. The molecule has 2 rings (SSSR count).